The Kier molecular flexibility index (Phi) is 6.39. The maximum atomic E-state index is 12.6. The van der Waals surface area contributed by atoms with Crippen LogP contribution in [-0.2, 0) is 9.59 Å². The molecule has 1 amide bonds. The van der Waals surface area contributed by atoms with Gasteiger partial charge in [0.25, 0.3) is 0 Å². The van der Waals surface area contributed by atoms with E-state index in [2.05, 4.69) is 28.5 Å². The zero-order valence-corrected chi connectivity index (χ0v) is 17.1. The molecule has 0 spiro atoms. The van der Waals surface area contributed by atoms with Crippen molar-refractivity contribution in [1.82, 2.24) is 14.7 Å². The van der Waals surface area contributed by atoms with Crippen molar-refractivity contribution in [2.75, 3.05) is 45.8 Å². The van der Waals surface area contributed by atoms with Crippen LogP contribution in [-0.4, -0.2) is 78.2 Å². The van der Waals surface area contributed by atoms with Crippen molar-refractivity contribution in [2.24, 2.45) is 23.7 Å². The number of rotatable bonds is 7. The molecule has 148 valence electrons. The van der Waals surface area contributed by atoms with E-state index in [1.807, 2.05) is 13.8 Å². The summed E-state index contributed by atoms with van der Waals surface area (Å²) in [6.45, 7) is 15.6. The summed E-state index contributed by atoms with van der Waals surface area (Å²) >= 11 is 0. The molecule has 0 aromatic rings. The first-order valence-electron chi connectivity index (χ1n) is 10.6. The molecule has 0 N–H and O–H groups in total. The van der Waals surface area contributed by atoms with Gasteiger partial charge in [0.1, 0.15) is 5.78 Å². The van der Waals surface area contributed by atoms with Gasteiger partial charge in [0, 0.05) is 70.6 Å². The van der Waals surface area contributed by atoms with Crippen LogP contribution in [0.1, 0.15) is 47.0 Å². The Bertz CT molecular complexity index is 511. The van der Waals surface area contributed by atoms with Crippen LogP contribution in [0.25, 0.3) is 0 Å². The average Bonchev–Trinajstić information content (AvgIpc) is 2.94. The lowest BCUT2D eigenvalue weighted by Gasteiger charge is -2.39. The van der Waals surface area contributed by atoms with Crippen LogP contribution >= 0.6 is 0 Å². The van der Waals surface area contributed by atoms with Crippen LogP contribution in [0.15, 0.2) is 0 Å². The number of fused-ring (bicyclic) bond motifs is 1. The largest absolute Gasteiger partial charge is 0.342 e. The summed E-state index contributed by atoms with van der Waals surface area (Å²) in [7, 11) is 0. The van der Waals surface area contributed by atoms with Crippen molar-refractivity contribution in [1.29, 1.82) is 0 Å². The van der Waals surface area contributed by atoms with Crippen molar-refractivity contribution < 1.29 is 9.59 Å². The number of likely N-dealkylation sites (tertiary alicyclic amines) is 1. The first-order chi connectivity index (χ1) is 12.3. The first kappa shape index (κ1) is 19.8. The summed E-state index contributed by atoms with van der Waals surface area (Å²) < 4.78 is 0. The van der Waals surface area contributed by atoms with Crippen LogP contribution in [0.3, 0.4) is 0 Å². The topological polar surface area (TPSA) is 43.9 Å². The number of ketones is 1. The number of amides is 1. The van der Waals surface area contributed by atoms with E-state index >= 15 is 0 Å². The lowest BCUT2D eigenvalue weighted by molar-refractivity contribution is -0.130. The maximum absolute atomic E-state index is 12.6. The molecule has 3 rings (SSSR count). The number of hydrogen-bond acceptors (Lipinski definition) is 4. The van der Waals surface area contributed by atoms with E-state index in [4.69, 9.17) is 0 Å². The highest BCUT2D eigenvalue weighted by molar-refractivity contribution is 5.80. The van der Waals surface area contributed by atoms with Gasteiger partial charge in [0.15, 0.2) is 0 Å². The van der Waals surface area contributed by atoms with Crippen LogP contribution in [0.5, 0.6) is 0 Å². The zero-order chi connectivity index (χ0) is 18.8. The summed E-state index contributed by atoms with van der Waals surface area (Å²) in [5, 5.41) is 0. The first-order valence-corrected chi connectivity index (χ1v) is 10.6. The van der Waals surface area contributed by atoms with E-state index in [1.165, 1.54) is 0 Å². The van der Waals surface area contributed by atoms with Crippen LogP contribution in [0.4, 0.5) is 0 Å². The fourth-order valence-corrected chi connectivity index (χ4v) is 4.90. The third-order valence-corrected chi connectivity index (χ3v) is 6.94. The van der Waals surface area contributed by atoms with E-state index in [-0.39, 0.29) is 5.92 Å². The third-order valence-electron chi connectivity index (χ3n) is 6.94. The molecule has 3 aliphatic rings. The lowest BCUT2D eigenvalue weighted by Crippen LogP contribution is -2.49. The van der Waals surface area contributed by atoms with E-state index < -0.39 is 0 Å². The van der Waals surface area contributed by atoms with Crippen molar-refractivity contribution in [3.8, 4) is 0 Å². The predicted molar refractivity (Wildman–Crippen MR) is 104 cm³/mol. The van der Waals surface area contributed by atoms with Gasteiger partial charge in [-0.05, 0) is 38.0 Å². The molecule has 0 bridgehead atoms. The Morgan fingerprint density at radius 3 is 2.31 bits per heavy atom. The van der Waals surface area contributed by atoms with E-state index in [0.29, 0.717) is 41.9 Å². The predicted octanol–water partition coefficient (Wildman–Crippen LogP) is 2.11. The molecule has 3 fully saturated rings. The minimum Gasteiger partial charge on any atom is -0.342 e. The molecule has 5 nitrogen and oxygen atoms in total. The second kappa shape index (κ2) is 8.39. The molecule has 0 radical (unpaired) electrons. The molecule has 0 aromatic heterocycles. The van der Waals surface area contributed by atoms with E-state index in [1.54, 1.807) is 0 Å². The summed E-state index contributed by atoms with van der Waals surface area (Å²) in [5.74, 6) is 2.61. The van der Waals surface area contributed by atoms with E-state index in [9.17, 15) is 9.59 Å². The summed E-state index contributed by atoms with van der Waals surface area (Å²) in [6.07, 6.45) is 2.52. The number of hydrogen-bond donors (Lipinski definition) is 0. The summed E-state index contributed by atoms with van der Waals surface area (Å²) in [4.78, 5) is 31.7. The van der Waals surface area contributed by atoms with Gasteiger partial charge in [-0.2, -0.15) is 0 Å². The van der Waals surface area contributed by atoms with Gasteiger partial charge in [0.05, 0.1) is 0 Å². The van der Waals surface area contributed by atoms with Crippen molar-refractivity contribution in [3.63, 3.8) is 0 Å². The minimum atomic E-state index is 0.143. The smallest absolute Gasteiger partial charge is 0.223 e. The number of carbonyl (C=O) groups is 2. The Hall–Kier alpha value is -0.940. The fourth-order valence-electron chi connectivity index (χ4n) is 4.90. The molecule has 0 aromatic carbocycles. The molecule has 5 heteroatoms. The molecule has 1 saturated carbocycles. The maximum Gasteiger partial charge on any atom is 0.223 e. The second-order valence-electron chi connectivity index (χ2n) is 9.26. The van der Waals surface area contributed by atoms with Crippen molar-refractivity contribution >= 4 is 11.7 Å². The number of nitrogens with zero attached hydrogens (tertiary/aromatic N) is 3. The van der Waals surface area contributed by atoms with E-state index in [0.717, 1.165) is 58.7 Å². The van der Waals surface area contributed by atoms with Gasteiger partial charge < -0.3 is 9.80 Å². The highest BCUT2D eigenvalue weighted by Crippen LogP contribution is 2.47. The van der Waals surface area contributed by atoms with Gasteiger partial charge in [-0.25, -0.2) is 0 Å². The summed E-state index contributed by atoms with van der Waals surface area (Å²) in [5.41, 5.74) is 0. The molecule has 3 atom stereocenters. The van der Waals surface area contributed by atoms with Gasteiger partial charge in [-0.15, -0.1) is 0 Å². The third kappa shape index (κ3) is 4.48. The van der Waals surface area contributed by atoms with Gasteiger partial charge >= 0.3 is 0 Å². The standard InChI is InChI=1S/C21H37N3O2/c1-15(2)20(25)12-17-11-18-13-24(14-19(17)18)21(26)5-6-22-7-9-23(10-8-22)16(3)4/h15-19H,5-14H2,1-4H3/t17?,18-,19-/m1/s1. The average molecular weight is 364 g/mol. The second-order valence-corrected chi connectivity index (χ2v) is 9.26. The molecular formula is C21H37N3O2. The Morgan fingerprint density at radius 2 is 1.69 bits per heavy atom. The monoisotopic (exact) mass is 363 g/mol. The van der Waals surface area contributed by atoms with Crippen molar-refractivity contribution in [2.45, 2.75) is 53.0 Å². The normalized spacial score (nSPS) is 29.9. The number of Topliss-reactive ketones (excluding diaryl/α,β-unsaturated/α-hetero) is 1. The Labute approximate surface area is 159 Å². The number of carbonyl (C=O) groups excluding carboxylic acids is 2. The molecule has 1 aliphatic carbocycles. The van der Waals surface area contributed by atoms with Crippen LogP contribution in [0, 0.1) is 23.7 Å². The molecular weight excluding hydrogens is 326 g/mol. The molecule has 2 heterocycles. The molecule has 1 unspecified atom stereocenters. The fraction of sp³-hybridized carbons (Fsp3) is 0.905. The highest BCUT2D eigenvalue weighted by atomic mass is 16.2. The Balaban J connectivity index is 1.37. The van der Waals surface area contributed by atoms with Gasteiger partial charge in [-0.1, -0.05) is 13.8 Å². The van der Waals surface area contributed by atoms with Crippen LogP contribution in [0.2, 0.25) is 0 Å². The quantitative estimate of drug-likeness (QED) is 0.695. The Morgan fingerprint density at radius 1 is 1.00 bits per heavy atom. The van der Waals surface area contributed by atoms with Crippen LogP contribution < -0.4 is 0 Å². The van der Waals surface area contributed by atoms with Gasteiger partial charge in [0.2, 0.25) is 5.91 Å². The lowest BCUT2D eigenvalue weighted by atomic mass is 9.64. The molecule has 26 heavy (non-hydrogen) atoms. The molecule has 2 saturated heterocycles. The summed E-state index contributed by atoms with van der Waals surface area (Å²) in [6, 6.07) is 0.620. The zero-order valence-electron chi connectivity index (χ0n) is 17.1. The number of piperazine rings is 1. The minimum absolute atomic E-state index is 0.143. The SMILES string of the molecule is CC(C)C(=O)CC1C[C@@H]2CN(C(=O)CCN3CCN(C(C)C)CC3)C[C@H]12. The highest BCUT2D eigenvalue weighted by Gasteiger charge is 2.48. The van der Waals surface area contributed by atoms with Gasteiger partial charge in [-0.3, -0.25) is 14.5 Å². The van der Waals surface area contributed by atoms with Crippen molar-refractivity contribution in [3.05, 3.63) is 0 Å². The molecule has 2 aliphatic heterocycles.